The summed E-state index contributed by atoms with van der Waals surface area (Å²) in [6.45, 7) is 8.20. The van der Waals surface area contributed by atoms with Gasteiger partial charge in [-0.2, -0.15) is 0 Å². The number of amides is 1. The van der Waals surface area contributed by atoms with Gasteiger partial charge in [0.25, 0.3) is 0 Å². The Morgan fingerprint density at radius 3 is 2.67 bits per heavy atom. The van der Waals surface area contributed by atoms with Crippen LogP contribution in [0, 0.1) is 0 Å². The lowest BCUT2D eigenvalue weighted by atomic mass is 9.90. The summed E-state index contributed by atoms with van der Waals surface area (Å²) >= 11 is 0. The van der Waals surface area contributed by atoms with Gasteiger partial charge in [0.1, 0.15) is 0 Å². The van der Waals surface area contributed by atoms with Gasteiger partial charge in [-0.05, 0) is 51.6 Å². The molecule has 1 aromatic rings. The number of likely N-dealkylation sites (tertiary alicyclic amines) is 1. The lowest BCUT2D eigenvalue weighted by Crippen LogP contribution is -2.58. The molecule has 1 aliphatic heterocycles. The van der Waals surface area contributed by atoms with E-state index in [2.05, 4.69) is 55.3 Å². The van der Waals surface area contributed by atoms with Crippen LogP contribution in [0.5, 0.6) is 0 Å². The highest BCUT2D eigenvalue weighted by Gasteiger charge is 2.36. The molecule has 0 radical (unpaired) electrons. The van der Waals surface area contributed by atoms with Gasteiger partial charge in [0, 0.05) is 12.1 Å². The quantitative estimate of drug-likeness (QED) is 0.873. The average Bonchev–Trinajstić information content (AvgIpc) is 2.48. The first-order valence-electron chi connectivity index (χ1n) is 8.13. The number of nitrogens with zero attached hydrogens (tertiary/aromatic N) is 1. The molecule has 116 valence electrons. The number of piperidine rings is 1. The number of carbonyl (C=O) groups is 1. The molecule has 3 heteroatoms. The van der Waals surface area contributed by atoms with Crippen molar-refractivity contribution in [3.8, 4) is 0 Å². The zero-order valence-electron chi connectivity index (χ0n) is 13.6. The molecule has 21 heavy (non-hydrogen) atoms. The predicted octanol–water partition coefficient (Wildman–Crippen LogP) is 3.00. The first-order chi connectivity index (χ1) is 10.0. The van der Waals surface area contributed by atoms with E-state index in [0.29, 0.717) is 0 Å². The predicted molar refractivity (Wildman–Crippen MR) is 87.3 cm³/mol. The Balaban J connectivity index is 1.99. The summed E-state index contributed by atoms with van der Waals surface area (Å²) in [5.41, 5.74) is 1.26. The van der Waals surface area contributed by atoms with Gasteiger partial charge < -0.3 is 10.2 Å². The van der Waals surface area contributed by atoms with E-state index in [1.54, 1.807) is 0 Å². The monoisotopic (exact) mass is 288 g/mol. The number of benzene rings is 1. The summed E-state index contributed by atoms with van der Waals surface area (Å²) in [7, 11) is 0. The van der Waals surface area contributed by atoms with E-state index < -0.39 is 0 Å². The summed E-state index contributed by atoms with van der Waals surface area (Å²) in [5, 5.41) is 3.32. The zero-order valence-corrected chi connectivity index (χ0v) is 13.6. The van der Waals surface area contributed by atoms with Gasteiger partial charge in [-0.1, -0.05) is 37.3 Å². The molecule has 0 aliphatic carbocycles. The van der Waals surface area contributed by atoms with Crippen LogP contribution in [0.1, 0.15) is 45.6 Å². The second kappa shape index (κ2) is 7.08. The number of nitrogens with one attached hydrogen (secondary N) is 1. The Labute approximate surface area is 128 Å². The fourth-order valence-corrected chi connectivity index (χ4v) is 3.14. The minimum absolute atomic E-state index is 0.0137. The van der Waals surface area contributed by atoms with E-state index >= 15 is 0 Å². The van der Waals surface area contributed by atoms with E-state index in [9.17, 15) is 4.79 Å². The van der Waals surface area contributed by atoms with Crippen molar-refractivity contribution in [3.05, 3.63) is 35.9 Å². The third-order valence-corrected chi connectivity index (χ3v) is 4.49. The Hall–Kier alpha value is -1.35. The molecule has 1 aromatic carbocycles. The first-order valence-corrected chi connectivity index (χ1v) is 8.13. The Kier molecular flexibility index (Phi) is 5.40. The molecule has 1 unspecified atom stereocenters. The van der Waals surface area contributed by atoms with Crippen molar-refractivity contribution in [2.24, 2.45) is 0 Å². The molecule has 1 aliphatic rings. The van der Waals surface area contributed by atoms with Gasteiger partial charge in [-0.3, -0.25) is 4.79 Å². The van der Waals surface area contributed by atoms with Gasteiger partial charge in [-0.15, -0.1) is 0 Å². The molecular weight excluding hydrogens is 260 g/mol. The summed E-state index contributed by atoms with van der Waals surface area (Å²) < 4.78 is 0. The molecule has 1 atom stereocenters. The zero-order chi connectivity index (χ0) is 15.3. The van der Waals surface area contributed by atoms with E-state index in [4.69, 9.17) is 0 Å². The van der Waals surface area contributed by atoms with Crippen LogP contribution in [0.15, 0.2) is 30.3 Å². The van der Waals surface area contributed by atoms with Crippen molar-refractivity contribution in [1.82, 2.24) is 10.2 Å². The average molecular weight is 288 g/mol. The van der Waals surface area contributed by atoms with Crippen LogP contribution in [-0.2, 0) is 11.2 Å². The first kappa shape index (κ1) is 16.0. The van der Waals surface area contributed by atoms with Crippen LogP contribution in [0.3, 0.4) is 0 Å². The molecule has 1 saturated heterocycles. The van der Waals surface area contributed by atoms with Gasteiger partial charge in [0.05, 0.1) is 6.04 Å². The summed E-state index contributed by atoms with van der Waals surface area (Å²) in [5.74, 6) is 0.279. The summed E-state index contributed by atoms with van der Waals surface area (Å²) in [6.07, 6.45) is 4.08. The fourth-order valence-electron chi connectivity index (χ4n) is 3.14. The minimum atomic E-state index is -0.0823. The SMILES string of the molecule is CCNC1CCCN(C(C)(C)CCc2ccccc2)C1=O. The second-order valence-corrected chi connectivity index (χ2v) is 6.54. The maximum Gasteiger partial charge on any atom is 0.240 e. The van der Waals surface area contributed by atoms with Gasteiger partial charge in [0.2, 0.25) is 5.91 Å². The van der Waals surface area contributed by atoms with Gasteiger partial charge >= 0.3 is 0 Å². The summed E-state index contributed by atoms with van der Waals surface area (Å²) in [6, 6.07) is 10.5. The van der Waals surface area contributed by atoms with E-state index in [1.807, 2.05) is 6.07 Å². The minimum Gasteiger partial charge on any atom is -0.336 e. The number of carbonyl (C=O) groups excluding carboxylic acids is 1. The maximum absolute atomic E-state index is 12.6. The van der Waals surface area contributed by atoms with Crippen LogP contribution in [0.25, 0.3) is 0 Å². The molecule has 0 aromatic heterocycles. The number of aryl methyl sites for hydroxylation is 1. The lowest BCUT2D eigenvalue weighted by Gasteiger charge is -2.43. The van der Waals surface area contributed by atoms with Gasteiger partial charge in [-0.25, -0.2) is 0 Å². The molecular formula is C18H28N2O. The smallest absolute Gasteiger partial charge is 0.240 e. The van der Waals surface area contributed by atoms with E-state index in [0.717, 1.165) is 38.8 Å². The third kappa shape index (κ3) is 4.07. The molecule has 1 N–H and O–H groups in total. The second-order valence-electron chi connectivity index (χ2n) is 6.54. The number of likely N-dealkylation sites (N-methyl/N-ethyl adjacent to an activating group) is 1. The van der Waals surface area contributed by atoms with Crippen LogP contribution in [-0.4, -0.2) is 35.5 Å². The van der Waals surface area contributed by atoms with Crippen molar-refractivity contribution in [1.29, 1.82) is 0 Å². The summed E-state index contributed by atoms with van der Waals surface area (Å²) in [4.78, 5) is 14.7. The molecule has 1 amide bonds. The Morgan fingerprint density at radius 1 is 1.29 bits per heavy atom. The molecule has 0 bridgehead atoms. The largest absolute Gasteiger partial charge is 0.336 e. The fraction of sp³-hybridized carbons (Fsp3) is 0.611. The maximum atomic E-state index is 12.6. The van der Waals surface area contributed by atoms with Crippen molar-refractivity contribution < 1.29 is 4.79 Å². The van der Waals surface area contributed by atoms with E-state index in [1.165, 1.54) is 5.56 Å². The number of hydrogen-bond donors (Lipinski definition) is 1. The lowest BCUT2D eigenvalue weighted by molar-refractivity contribution is -0.142. The van der Waals surface area contributed by atoms with Crippen LogP contribution in [0.4, 0.5) is 0 Å². The topological polar surface area (TPSA) is 32.3 Å². The molecule has 0 spiro atoms. The van der Waals surface area contributed by atoms with Crippen LogP contribution < -0.4 is 5.32 Å². The highest BCUT2D eigenvalue weighted by Crippen LogP contribution is 2.26. The van der Waals surface area contributed by atoms with Crippen molar-refractivity contribution in [2.75, 3.05) is 13.1 Å². The normalized spacial score (nSPS) is 19.9. The van der Waals surface area contributed by atoms with Crippen molar-refractivity contribution in [2.45, 2.75) is 58.0 Å². The molecule has 1 heterocycles. The number of hydrogen-bond acceptors (Lipinski definition) is 2. The van der Waals surface area contributed by atoms with Crippen LogP contribution >= 0.6 is 0 Å². The Morgan fingerprint density at radius 2 is 2.00 bits per heavy atom. The van der Waals surface area contributed by atoms with E-state index in [-0.39, 0.29) is 17.5 Å². The standard InChI is InChI=1S/C18H28N2O/c1-4-19-16-11-8-14-20(17(16)21)18(2,3)13-12-15-9-6-5-7-10-15/h5-7,9-10,16,19H,4,8,11-14H2,1-3H3. The molecule has 2 rings (SSSR count). The Bertz CT molecular complexity index is 454. The van der Waals surface area contributed by atoms with Crippen LogP contribution in [0.2, 0.25) is 0 Å². The highest BCUT2D eigenvalue weighted by atomic mass is 16.2. The molecule has 3 nitrogen and oxygen atoms in total. The number of rotatable bonds is 6. The molecule has 1 fully saturated rings. The molecule has 0 saturated carbocycles. The van der Waals surface area contributed by atoms with Crippen molar-refractivity contribution >= 4 is 5.91 Å². The highest BCUT2D eigenvalue weighted by molar-refractivity contribution is 5.83. The van der Waals surface area contributed by atoms with Gasteiger partial charge in [0.15, 0.2) is 0 Å². The third-order valence-electron chi connectivity index (χ3n) is 4.49. The van der Waals surface area contributed by atoms with Crippen molar-refractivity contribution in [3.63, 3.8) is 0 Å².